The highest BCUT2D eigenvalue weighted by Gasteiger charge is 2.30. The summed E-state index contributed by atoms with van der Waals surface area (Å²) in [4.78, 5) is 0. The van der Waals surface area contributed by atoms with E-state index in [4.69, 9.17) is 20.2 Å². The summed E-state index contributed by atoms with van der Waals surface area (Å²) in [6, 6.07) is 0. The molecule has 1 aliphatic rings. The number of halogens is 1. The van der Waals surface area contributed by atoms with Gasteiger partial charge in [-0.3, -0.25) is 0 Å². The zero-order valence-corrected chi connectivity index (χ0v) is 12.9. The van der Waals surface area contributed by atoms with Crippen LogP contribution >= 0.6 is 10.7 Å². The van der Waals surface area contributed by atoms with Crippen LogP contribution in [0.25, 0.3) is 0 Å². The van der Waals surface area contributed by atoms with E-state index in [0.29, 0.717) is 6.61 Å². The van der Waals surface area contributed by atoms with E-state index in [1.54, 1.807) is 0 Å². The summed E-state index contributed by atoms with van der Waals surface area (Å²) in [6.45, 7) is 7.89. The molecule has 1 rings (SSSR count). The number of hydrogen-bond acceptors (Lipinski definition) is 4. The molecule has 0 radical (unpaired) electrons. The summed E-state index contributed by atoms with van der Waals surface area (Å²) < 4.78 is 33.5. The van der Waals surface area contributed by atoms with Crippen molar-refractivity contribution < 1.29 is 17.9 Å². The number of rotatable bonds is 5. The molecule has 0 aromatic carbocycles. The van der Waals surface area contributed by atoms with Gasteiger partial charge in [-0.1, -0.05) is 20.8 Å². The first-order valence-corrected chi connectivity index (χ1v) is 8.78. The van der Waals surface area contributed by atoms with Crippen molar-refractivity contribution in [3.8, 4) is 0 Å². The van der Waals surface area contributed by atoms with E-state index in [2.05, 4.69) is 0 Å². The second-order valence-corrected chi connectivity index (χ2v) is 8.74. The third-order valence-electron chi connectivity index (χ3n) is 3.33. The molecule has 0 aromatic rings. The zero-order valence-electron chi connectivity index (χ0n) is 11.3. The quantitative estimate of drug-likeness (QED) is 0.732. The predicted octanol–water partition coefficient (Wildman–Crippen LogP) is 2.41. The number of ether oxygens (including phenoxy) is 2. The fourth-order valence-corrected chi connectivity index (χ4v) is 3.42. The normalized spacial score (nSPS) is 20.9. The molecular weight excluding hydrogens is 276 g/mol. The molecule has 0 bridgehead atoms. The van der Waals surface area contributed by atoms with E-state index >= 15 is 0 Å². The Morgan fingerprint density at radius 2 is 1.89 bits per heavy atom. The molecule has 0 aliphatic carbocycles. The molecule has 4 nitrogen and oxygen atoms in total. The standard InChI is InChI=1S/C12H23ClO4S/c1-12(2,3)10(9-18(13,14)15)8-17-11-4-6-16-7-5-11/h10-11H,4-9H2,1-3H3. The van der Waals surface area contributed by atoms with Crippen LogP contribution in [0.5, 0.6) is 0 Å². The third kappa shape index (κ3) is 6.36. The fourth-order valence-electron chi connectivity index (χ4n) is 1.88. The van der Waals surface area contributed by atoms with Gasteiger partial charge in [0.2, 0.25) is 9.05 Å². The minimum atomic E-state index is -3.49. The van der Waals surface area contributed by atoms with Crippen LogP contribution in [0.4, 0.5) is 0 Å². The van der Waals surface area contributed by atoms with E-state index in [0.717, 1.165) is 26.1 Å². The summed E-state index contributed by atoms with van der Waals surface area (Å²) >= 11 is 0. The Labute approximate surface area is 114 Å². The molecule has 1 fully saturated rings. The van der Waals surface area contributed by atoms with Gasteiger partial charge >= 0.3 is 0 Å². The van der Waals surface area contributed by atoms with Gasteiger partial charge in [-0.2, -0.15) is 0 Å². The van der Waals surface area contributed by atoms with Crippen molar-refractivity contribution >= 4 is 19.7 Å². The molecule has 0 saturated carbocycles. The third-order valence-corrected chi connectivity index (χ3v) is 4.50. The van der Waals surface area contributed by atoms with Crippen LogP contribution in [0.2, 0.25) is 0 Å². The van der Waals surface area contributed by atoms with Gasteiger partial charge in [-0.15, -0.1) is 0 Å². The Morgan fingerprint density at radius 3 is 2.33 bits per heavy atom. The molecule has 6 heteroatoms. The van der Waals surface area contributed by atoms with Crippen LogP contribution < -0.4 is 0 Å². The largest absolute Gasteiger partial charge is 0.381 e. The van der Waals surface area contributed by atoms with E-state index in [1.807, 2.05) is 20.8 Å². The summed E-state index contributed by atoms with van der Waals surface area (Å²) in [7, 11) is 1.86. The lowest BCUT2D eigenvalue weighted by Gasteiger charge is -2.32. The van der Waals surface area contributed by atoms with Crippen LogP contribution in [-0.2, 0) is 18.5 Å². The van der Waals surface area contributed by atoms with E-state index in [-0.39, 0.29) is 23.2 Å². The van der Waals surface area contributed by atoms with Gasteiger partial charge in [0.05, 0.1) is 18.5 Å². The Kier molecular flexibility index (Phi) is 5.90. The van der Waals surface area contributed by atoms with E-state index < -0.39 is 9.05 Å². The molecule has 1 aliphatic heterocycles. The highest BCUT2D eigenvalue weighted by atomic mass is 35.7. The van der Waals surface area contributed by atoms with Crippen LogP contribution in [0.3, 0.4) is 0 Å². The first kappa shape index (κ1) is 16.2. The summed E-state index contributed by atoms with van der Waals surface area (Å²) in [5.74, 6) is -0.135. The molecule has 1 atom stereocenters. The van der Waals surface area contributed by atoms with Gasteiger partial charge in [0.15, 0.2) is 0 Å². The van der Waals surface area contributed by atoms with Crippen molar-refractivity contribution in [3.05, 3.63) is 0 Å². The summed E-state index contributed by atoms with van der Waals surface area (Å²) in [5.41, 5.74) is -0.146. The van der Waals surface area contributed by atoms with Gasteiger partial charge in [-0.05, 0) is 18.3 Å². The highest BCUT2D eigenvalue weighted by Crippen LogP contribution is 2.29. The zero-order chi connectivity index (χ0) is 13.8. The van der Waals surface area contributed by atoms with Crippen molar-refractivity contribution in [1.82, 2.24) is 0 Å². The van der Waals surface area contributed by atoms with Crippen LogP contribution in [0.1, 0.15) is 33.6 Å². The Hall–Kier alpha value is 0.160. The summed E-state index contributed by atoms with van der Waals surface area (Å²) in [6.07, 6.45) is 1.94. The van der Waals surface area contributed by atoms with Gasteiger partial charge < -0.3 is 9.47 Å². The second-order valence-electron chi connectivity index (χ2n) is 5.91. The van der Waals surface area contributed by atoms with Crippen molar-refractivity contribution in [2.45, 2.75) is 39.7 Å². The Morgan fingerprint density at radius 1 is 1.33 bits per heavy atom. The SMILES string of the molecule is CC(C)(C)C(COC1CCOCC1)CS(=O)(=O)Cl. The smallest absolute Gasteiger partial charge is 0.232 e. The van der Waals surface area contributed by atoms with E-state index in [9.17, 15) is 8.42 Å². The number of hydrogen-bond donors (Lipinski definition) is 0. The first-order valence-electron chi connectivity index (χ1n) is 6.30. The monoisotopic (exact) mass is 298 g/mol. The lowest BCUT2D eigenvalue weighted by Crippen LogP contribution is -2.33. The molecule has 1 saturated heterocycles. The van der Waals surface area contributed by atoms with Gasteiger partial charge in [0.25, 0.3) is 0 Å². The molecule has 108 valence electrons. The molecule has 0 N–H and O–H groups in total. The van der Waals surface area contributed by atoms with Crippen LogP contribution in [0, 0.1) is 11.3 Å². The maximum atomic E-state index is 11.2. The molecule has 1 unspecified atom stereocenters. The molecule has 18 heavy (non-hydrogen) atoms. The minimum Gasteiger partial charge on any atom is -0.381 e. The minimum absolute atomic E-state index is 0.0404. The Balaban J connectivity index is 2.51. The van der Waals surface area contributed by atoms with Gasteiger partial charge in [0, 0.05) is 29.8 Å². The van der Waals surface area contributed by atoms with Crippen molar-refractivity contribution in [1.29, 1.82) is 0 Å². The van der Waals surface area contributed by atoms with Crippen molar-refractivity contribution in [2.75, 3.05) is 25.6 Å². The molecule has 1 heterocycles. The average Bonchev–Trinajstić information content (AvgIpc) is 2.22. The first-order chi connectivity index (χ1) is 8.18. The van der Waals surface area contributed by atoms with Crippen molar-refractivity contribution in [2.24, 2.45) is 11.3 Å². The van der Waals surface area contributed by atoms with Gasteiger partial charge in [0.1, 0.15) is 0 Å². The van der Waals surface area contributed by atoms with E-state index in [1.165, 1.54) is 0 Å². The molecule has 0 amide bonds. The molecule has 0 aromatic heterocycles. The maximum Gasteiger partial charge on any atom is 0.232 e. The Bertz CT molecular complexity index is 342. The lowest BCUT2D eigenvalue weighted by atomic mass is 9.82. The molecule has 0 spiro atoms. The second kappa shape index (κ2) is 6.55. The average molecular weight is 299 g/mol. The fraction of sp³-hybridized carbons (Fsp3) is 1.00. The summed E-state index contributed by atoms with van der Waals surface area (Å²) in [5, 5.41) is 0. The maximum absolute atomic E-state index is 11.2. The highest BCUT2D eigenvalue weighted by molar-refractivity contribution is 8.13. The predicted molar refractivity (Wildman–Crippen MR) is 72.4 cm³/mol. The van der Waals surface area contributed by atoms with Crippen molar-refractivity contribution in [3.63, 3.8) is 0 Å². The van der Waals surface area contributed by atoms with Gasteiger partial charge in [-0.25, -0.2) is 8.42 Å². The molecular formula is C12H23ClO4S. The van der Waals surface area contributed by atoms with Crippen LogP contribution in [-0.4, -0.2) is 40.1 Å². The topological polar surface area (TPSA) is 52.6 Å². The lowest BCUT2D eigenvalue weighted by molar-refractivity contribution is -0.0511. The van der Waals surface area contributed by atoms with Crippen LogP contribution in [0.15, 0.2) is 0 Å².